The third-order valence-corrected chi connectivity index (χ3v) is 5.24. The molecule has 22 heavy (non-hydrogen) atoms. The number of fused-ring (bicyclic) bond motifs is 4. The molecule has 3 nitrogen and oxygen atoms in total. The van der Waals surface area contributed by atoms with Crippen LogP contribution in [0.4, 0.5) is 5.69 Å². The van der Waals surface area contributed by atoms with Gasteiger partial charge in [-0.15, -0.1) is 0 Å². The normalized spacial score (nSPS) is 24.1. The first kappa shape index (κ1) is 13.5. The fraction of sp³-hybridized carbons (Fsp3) is 0.368. The minimum Gasteiger partial charge on any atom is -0.496 e. The third-order valence-electron chi connectivity index (χ3n) is 5.24. The van der Waals surface area contributed by atoms with Gasteiger partial charge in [-0.05, 0) is 23.8 Å². The summed E-state index contributed by atoms with van der Waals surface area (Å²) in [7, 11) is 1.72. The molecule has 2 aromatic rings. The first-order valence-electron chi connectivity index (χ1n) is 7.78. The van der Waals surface area contributed by atoms with E-state index in [0.29, 0.717) is 5.92 Å². The summed E-state index contributed by atoms with van der Waals surface area (Å²) in [6.07, 6.45) is 0. The summed E-state index contributed by atoms with van der Waals surface area (Å²) in [5, 5.41) is 3.73. The predicted octanol–water partition coefficient (Wildman–Crippen LogP) is 4.15. The lowest BCUT2D eigenvalue weighted by atomic mass is 9.65. The molecule has 0 bridgehead atoms. The van der Waals surface area contributed by atoms with Crippen LogP contribution in [0.5, 0.6) is 11.5 Å². The van der Waals surface area contributed by atoms with Crippen molar-refractivity contribution >= 4 is 5.69 Å². The molecule has 0 saturated heterocycles. The van der Waals surface area contributed by atoms with Gasteiger partial charge in [0.15, 0.2) is 0 Å². The molecule has 2 atom stereocenters. The highest BCUT2D eigenvalue weighted by molar-refractivity contribution is 5.62. The average Bonchev–Trinajstić information content (AvgIpc) is 2.54. The van der Waals surface area contributed by atoms with E-state index in [1.807, 2.05) is 18.2 Å². The van der Waals surface area contributed by atoms with Crippen molar-refractivity contribution in [3.8, 4) is 11.5 Å². The Morgan fingerprint density at radius 3 is 2.77 bits per heavy atom. The van der Waals surface area contributed by atoms with E-state index in [2.05, 4.69) is 43.4 Å². The predicted molar refractivity (Wildman–Crippen MR) is 87.8 cm³/mol. The molecule has 2 aliphatic rings. The summed E-state index contributed by atoms with van der Waals surface area (Å²) < 4.78 is 11.7. The molecule has 0 spiro atoms. The van der Waals surface area contributed by atoms with Crippen molar-refractivity contribution in [2.75, 3.05) is 19.0 Å². The van der Waals surface area contributed by atoms with Gasteiger partial charge in [-0.25, -0.2) is 0 Å². The van der Waals surface area contributed by atoms with Crippen molar-refractivity contribution in [3.05, 3.63) is 53.6 Å². The van der Waals surface area contributed by atoms with Gasteiger partial charge in [0.05, 0.1) is 25.3 Å². The number of hydrogen-bond acceptors (Lipinski definition) is 3. The van der Waals surface area contributed by atoms with E-state index in [4.69, 9.17) is 9.47 Å². The number of hydrogen-bond donors (Lipinski definition) is 1. The molecule has 0 aliphatic carbocycles. The molecular weight excluding hydrogens is 274 g/mol. The largest absolute Gasteiger partial charge is 0.496 e. The number of rotatable bonds is 1. The molecule has 1 N–H and O–H groups in total. The van der Waals surface area contributed by atoms with Crippen molar-refractivity contribution in [2.45, 2.75) is 25.3 Å². The van der Waals surface area contributed by atoms with Crippen molar-refractivity contribution in [2.24, 2.45) is 5.92 Å². The zero-order chi connectivity index (χ0) is 15.3. The molecule has 0 saturated carbocycles. The number of ether oxygens (including phenoxy) is 2. The van der Waals surface area contributed by atoms with Crippen molar-refractivity contribution in [1.29, 1.82) is 0 Å². The number of benzene rings is 2. The molecular formula is C19H21NO2. The molecule has 2 aromatic carbocycles. The molecule has 0 aromatic heterocycles. The van der Waals surface area contributed by atoms with Crippen LogP contribution in [0.1, 0.15) is 31.0 Å². The van der Waals surface area contributed by atoms with E-state index in [1.165, 1.54) is 11.3 Å². The molecule has 0 radical (unpaired) electrons. The van der Waals surface area contributed by atoms with Crippen LogP contribution in [0.15, 0.2) is 42.5 Å². The Morgan fingerprint density at radius 1 is 1.14 bits per heavy atom. The summed E-state index contributed by atoms with van der Waals surface area (Å²) in [4.78, 5) is 0. The van der Waals surface area contributed by atoms with Gasteiger partial charge < -0.3 is 14.8 Å². The smallest absolute Gasteiger partial charge is 0.128 e. The molecule has 2 aliphatic heterocycles. The quantitative estimate of drug-likeness (QED) is 0.857. The van der Waals surface area contributed by atoms with Crippen LogP contribution in [-0.2, 0) is 5.41 Å². The highest BCUT2D eigenvalue weighted by Gasteiger charge is 2.47. The highest BCUT2D eigenvalue weighted by Crippen LogP contribution is 2.53. The van der Waals surface area contributed by atoms with Crippen LogP contribution in [0, 0.1) is 5.92 Å². The van der Waals surface area contributed by atoms with Crippen LogP contribution in [0.2, 0.25) is 0 Å². The first-order chi connectivity index (χ1) is 10.6. The summed E-state index contributed by atoms with van der Waals surface area (Å²) in [6.45, 7) is 5.35. The van der Waals surface area contributed by atoms with E-state index >= 15 is 0 Å². The van der Waals surface area contributed by atoms with Gasteiger partial charge in [-0.3, -0.25) is 0 Å². The number of para-hydroxylation sites is 1. The lowest BCUT2D eigenvalue weighted by Gasteiger charge is -2.48. The van der Waals surface area contributed by atoms with Gasteiger partial charge in [-0.2, -0.15) is 0 Å². The minimum absolute atomic E-state index is 0.0467. The van der Waals surface area contributed by atoms with Crippen LogP contribution in [0.3, 0.4) is 0 Å². The molecule has 114 valence electrons. The summed E-state index contributed by atoms with van der Waals surface area (Å²) in [5.74, 6) is 2.20. The van der Waals surface area contributed by atoms with Crippen LogP contribution < -0.4 is 14.8 Å². The maximum absolute atomic E-state index is 6.07. The van der Waals surface area contributed by atoms with Crippen LogP contribution in [-0.4, -0.2) is 13.7 Å². The Hall–Kier alpha value is -2.16. The summed E-state index contributed by atoms with van der Waals surface area (Å²) in [6, 6.07) is 14.8. The fourth-order valence-corrected chi connectivity index (χ4v) is 3.95. The molecule has 0 fully saturated rings. The Labute approximate surface area is 131 Å². The van der Waals surface area contributed by atoms with E-state index in [9.17, 15) is 0 Å². The summed E-state index contributed by atoms with van der Waals surface area (Å²) >= 11 is 0. The first-order valence-corrected chi connectivity index (χ1v) is 7.78. The van der Waals surface area contributed by atoms with E-state index < -0.39 is 0 Å². The van der Waals surface area contributed by atoms with Crippen LogP contribution in [0.25, 0.3) is 0 Å². The molecule has 3 heteroatoms. The molecule has 2 heterocycles. The van der Waals surface area contributed by atoms with Crippen molar-refractivity contribution in [1.82, 2.24) is 0 Å². The monoisotopic (exact) mass is 295 g/mol. The van der Waals surface area contributed by atoms with Gasteiger partial charge in [0.25, 0.3) is 0 Å². The van der Waals surface area contributed by atoms with Gasteiger partial charge in [-0.1, -0.05) is 38.1 Å². The number of nitrogens with one attached hydrogen (secondary N) is 1. The molecule has 0 amide bonds. The van der Waals surface area contributed by atoms with Gasteiger partial charge in [0, 0.05) is 17.0 Å². The lowest BCUT2D eigenvalue weighted by Crippen LogP contribution is -2.46. The molecule has 0 unspecified atom stereocenters. The third kappa shape index (κ3) is 1.75. The zero-order valence-corrected chi connectivity index (χ0v) is 13.2. The number of anilines is 1. The maximum Gasteiger partial charge on any atom is 0.128 e. The Balaban J connectivity index is 1.90. The standard InChI is InChI=1S/C19H21NO2/c1-19(2)12-7-4-5-8-14(12)20-18-13(19)11-22-16-10-6-9-15(21-3)17(16)18/h4-10,13,18,20H,11H2,1-3H3/t13-,18-/m1/s1. The fourth-order valence-electron chi connectivity index (χ4n) is 3.95. The average molecular weight is 295 g/mol. The topological polar surface area (TPSA) is 30.5 Å². The van der Waals surface area contributed by atoms with Gasteiger partial charge in [0.2, 0.25) is 0 Å². The Morgan fingerprint density at radius 2 is 1.95 bits per heavy atom. The van der Waals surface area contributed by atoms with E-state index in [1.54, 1.807) is 7.11 Å². The lowest BCUT2D eigenvalue weighted by molar-refractivity contribution is 0.133. The van der Waals surface area contributed by atoms with Crippen molar-refractivity contribution < 1.29 is 9.47 Å². The highest BCUT2D eigenvalue weighted by atomic mass is 16.5. The Kier molecular flexibility index (Phi) is 2.86. The van der Waals surface area contributed by atoms with E-state index in [0.717, 1.165) is 23.7 Å². The van der Waals surface area contributed by atoms with Crippen LogP contribution >= 0.6 is 0 Å². The second-order valence-electron chi connectivity index (χ2n) is 6.68. The summed E-state index contributed by atoms with van der Waals surface area (Å²) in [5.41, 5.74) is 3.76. The number of methoxy groups -OCH3 is 1. The van der Waals surface area contributed by atoms with Gasteiger partial charge >= 0.3 is 0 Å². The van der Waals surface area contributed by atoms with E-state index in [-0.39, 0.29) is 11.5 Å². The van der Waals surface area contributed by atoms with Crippen molar-refractivity contribution in [3.63, 3.8) is 0 Å². The Bertz CT molecular complexity index is 709. The SMILES string of the molecule is COc1cccc2c1[C@@H]1Nc3ccccc3C(C)(C)[C@@H]1CO2. The second kappa shape index (κ2) is 4.67. The van der Waals surface area contributed by atoms with Gasteiger partial charge in [0.1, 0.15) is 11.5 Å². The maximum atomic E-state index is 6.07. The molecule has 4 rings (SSSR count). The second-order valence-corrected chi connectivity index (χ2v) is 6.68. The zero-order valence-electron chi connectivity index (χ0n) is 13.2. The minimum atomic E-state index is 0.0467.